The highest BCUT2D eigenvalue weighted by atomic mass is 35.5. The Morgan fingerprint density at radius 3 is 3.04 bits per heavy atom. The summed E-state index contributed by atoms with van der Waals surface area (Å²) >= 11 is 6.11. The van der Waals surface area contributed by atoms with Crippen molar-refractivity contribution >= 4 is 28.5 Å². The van der Waals surface area contributed by atoms with Crippen molar-refractivity contribution in [1.29, 1.82) is 0 Å². The summed E-state index contributed by atoms with van der Waals surface area (Å²) in [5.41, 5.74) is 2.78. The van der Waals surface area contributed by atoms with Crippen molar-refractivity contribution < 1.29 is 4.74 Å². The summed E-state index contributed by atoms with van der Waals surface area (Å²) in [7, 11) is 0. The minimum Gasteiger partial charge on any atom is -0.376 e. The summed E-state index contributed by atoms with van der Waals surface area (Å²) in [6, 6.07) is 9.66. The molecule has 1 unspecified atom stereocenters. The van der Waals surface area contributed by atoms with Gasteiger partial charge in [-0.25, -0.2) is 9.97 Å². The Balaban J connectivity index is 1.72. The molecule has 24 heavy (non-hydrogen) atoms. The van der Waals surface area contributed by atoms with Crippen LogP contribution in [-0.2, 0) is 4.74 Å². The van der Waals surface area contributed by atoms with E-state index in [9.17, 15) is 0 Å². The summed E-state index contributed by atoms with van der Waals surface area (Å²) in [5, 5.41) is 5.11. The highest BCUT2D eigenvalue weighted by Gasteiger charge is 2.17. The Morgan fingerprint density at radius 1 is 1.33 bits per heavy atom. The third-order valence-electron chi connectivity index (χ3n) is 4.23. The number of fused-ring (bicyclic) bond motifs is 1. The number of aryl methyl sites for hydroxylation is 1. The molecule has 1 fully saturated rings. The van der Waals surface area contributed by atoms with Crippen molar-refractivity contribution in [2.75, 3.05) is 18.5 Å². The van der Waals surface area contributed by atoms with Crippen LogP contribution in [0.5, 0.6) is 0 Å². The van der Waals surface area contributed by atoms with Gasteiger partial charge in [-0.15, -0.1) is 0 Å². The Labute approximate surface area is 145 Å². The van der Waals surface area contributed by atoms with Gasteiger partial charge in [-0.3, -0.25) is 0 Å². The largest absolute Gasteiger partial charge is 0.376 e. The maximum atomic E-state index is 6.11. The van der Waals surface area contributed by atoms with Gasteiger partial charge in [0.1, 0.15) is 11.5 Å². The topological polar surface area (TPSA) is 62.8 Å². The lowest BCUT2D eigenvalue weighted by molar-refractivity contribution is 0.120. The fourth-order valence-electron chi connectivity index (χ4n) is 3.05. The van der Waals surface area contributed by atoms with Crippen LogP contribution in [0, 0.1) is 6.92 Å². The van der Waals surface area contributed by atoms with Crippen LogP contribution in [0.3, 0.4) is 0 Å². The number of aromatic amines is 1. The van der Waals surface area contributed by atoms with Crippen LogP contribution in [0.15, 0.2) is 30.3 Å². The first-order valence-electron chi connectivity index (χ1n) is 8.18. The van der Waals surface area contributed by atoms with Gasteiger partial charge in [0.05, 0.1) is 11.5 Å². The second kappa shape index (κ2) is 6.42. The first kappa shape index (κ1) is 15.4. The molecule has 0 aliphatic carbocycles. The van der Waals surface area contributed by atoms with E-state index < -0.39 is 0 Å². The van der Waals surface area contributed by atoms with E-state index in [4.69, 9.17) is 21.3 Å². The number of aromatic nitrogens is 3. The maximum Gasteiger partial charge on any atom is 0.163 e. The van der Waals surface area contributed by atoms with Crippen LogP contribution in [0.1, 0.15) is 18.5 Å². The number of benzene rings is 1. The minimum atomic E-state index is 0.254. The van der Waals surface area contributed by atoms with E-state index in [0.29, 0.717) is 10.8 Å². The van der Waals surface area contributed by atoms with Crippen LogP contribution >= 0.6 is 11.6 Å². The molecule has 5 nitrogen and oxygen atoms in total. The van der Waals surface area contributed by atoms with Gasteiger partial charge in [-0.05, 0) is 38.0 Å². The third kappa shape index (κ3) is 3.09. The lowest BCUT2D eigenvalue weighted by Gasteiger charge is -2.13. The lowest BCUT2D eigenvalue weighted by atomic mass is 10.2. The number of hydrogen-bond donors (Lipinski definition) is 2. The van der Waals surface area contributed by atoms with E-state index in [2.05, 4.69) is 21.4 Å². The van der Waals surface area contributed by atoms with Crippen molar-refractivity contribution in [1.82, 2.24) is 15.0 Å². The summed E-state index contributed by atoms with van der Waals surface area (Å²) in [6.07, 6.45) is 2.47. The number of nitrogens with zero attached hydrogens (tertiary/aromatic N) is 2. The third-order valence-corrected chi connectivity index (χ3v) is 4.46. The van der Waals surface area contributed by atoms with Crippen LogP contribution in [-0.4, -0.2) is 34.2 Å². The lowest BCUT2D eigenvalue weighted by Crippen LogP contribution is -2.19. The summed E-state index contributed by atoms with van der Waals surface area (Å²) in [5.74, 6) is 1.48. The fourth-order valence-corrected chi connectivity index (χ4v) is 3.24. The molecule has 124 valence electrons. The van der Waals surface area contributed by atoms with Gasteiger partial charge in [0.25, 0.3) is 0 Å². The van der Waals surface area contributed by atoms with Gasteiger partial charge < -0.3 is 15.0 Å². The van der Waals surface area contributed by atoms with Crippen molar-refractivity contribution in [3.63, 3.8) is 0 Å². The first-order valence-corrected chi connectivity index (χ1v) is 8.55. The van der Waals surface area contributed by atoms with Gasteiger partial charge in [0.2, 0.25) is 0 Å². The Bertz CT molecular complexity index is 871. The zero-order valence-electron chi connectivity index (χ0n) is 13.5. The quantitative estimate of drug-likeness (QED) is 0.746. The molecule has 1 saturated heterocycles. The van der Waals surface area contributed by atoms with Crippen LogP contribution in [0.25, 0.3) is 22.4 Å². The Hall–Kier alpha value is -2.11. The molecule has 0 bridgehead atoms. The van der Waals surface area contributed by atoms with Gasteiger partial charge in [0, 0.05) is 29.4 Å². The van der Waals surface area contributed by atoms with Crippen molar-refractivity contribution in [3.8, 4) is 11.4 Å². The average Bonchev–Trinajstić information content (AvgIpc) is 3.20. The van der Waals surface area contributed by atoms with E-state index in [-0.39, 0.29) is 6.10 Å². The zero-order chi connectivity index (χ0) is 16.5. The van der Waals surface area contributed by atoms with Crippen molar-refractivity contribution in [3.05, 3.63) is 41.0 Å². The number of ether oxygens (including phenoxy) is 1. The molecule has 0 saturated carbocycles. The molecule has 1 aliphatic rings. The monoisotopic (exact) mass is 342 g/mol. The van der Waals surface area contributed by atoms with Crippen molar-refractivity contribution in [2.45, 2.75) is 25.9 Å². The summed E-state index contributed by atoms with van der Waals surface area (Å²) in [4.78, 5) is 12.7. The standard InChI is InChI=1S/C18H19ClN4O/c1-11-8-15-17(20-10-14-6-3-7-24-14)22-16(23-18(15)21-11)12-4-2-5-13(19)9-12/h2,4-5,8-9,14H,3,6-7,10H2,1H3,(H2,20,21,22,23). The second-order valence-corrected chi connectivity index (χ2v) is 6.57. The molecule has 4 rings (SSSR count). The Kier molecular flexibility index (Phi) is 4.12. The number of halogens is 1. The first-order chi connectivity index (χ1) is 11.7. The number of H-pyrrole nitrogens is 1. The molecular formula is C18H19ClN4O. The molecule has 1 aromatic carbocycles. The minimum absolute atomic E-state index is 0.254. The molecule has 6 heteroatoms. The molecule has 3 aromatic rings. The molecule has 1 aliphatic heterocycles. The smallest absolute Gasteiger partial charge is 0.163 e. The van der Waals surface area contributed by atoms with Crippen LogP contribution in [0.2, 0.25) is 5.02 Å². The predicted molar refractivity (Wildman–Crippen MR) is 96.5 cm³/mol. The normalized spacial score (nSPS) is 17.5. The molecule has 2 N–H and O–H groups in total. The zero-order valence-corrected chi connectivity index (χ0v) is 14.2. The summed E-state index contributed by atoms with van der Waals surface area (Å²) < 4.78 is 5.69. The Morgan fingerprint density at radius 2 is 2.25 bits per heavy atom. The summed E-state index contributed by atoms with van der Waals surface area (Å²) in [6.45, 7) is 3.62. The van der Waals surface area contributed by atoms with Crippen LogP contribution in [0.4, 0.5) is 5.82 Å². The highest BCUT2D eigenvalue weighted by molar-refractivity contribution is 6.30. The van der Waals surface area contributed by atoms with Gasteiger partial charge in [-0.1, -0.05) is 23.7 Å². The van der Waals surface area contributed by atoms with Crippen molar-refractivity contribution in [2.24, 2.45) is 0 Å². The molecule has 0 spiro atoms. The molecular weight excluding hydrogens is 324 g/mol. The number of hydrogen-bond acceptors (Lipinski definition) is 4. The van der Waals surface area contributed by atoms with Crippen LogP contribution < -0.4 is 5.32 Å². The second-order valence-electron chi connectivity index (χ2n) is 6.14. The van der Waals surface area contributed by atoms with E-state index in [0.717, 1.165) is 54.1 Å². The van der Waals surface area contributed by atoms with Gasteiger partial charge in [-0.2, -0.15) is 0 Å². The fraction of sp³-hybridized carbons (Fsp3) is 0.333. The SMILES string of the molecule is Cc1cc2c(NCC3CCCO3)nc(-c3cccc(Cl)c3)nc2[nH]1. The van der Waals surface area contributed by atoms with E-state index in [1.54, 1.807) is 0 Å². The van der Waals surface area contributed by atoms with Gasteiger partial charge >= 0.3 is 0 Å². The highest BCUT2D eigenvalue weighted by Crippen LogP contribution is 2.27. The van der Waals surface area contributed by atoms with E-state index in [1.807, 2.05) is 31.2 Å². The average molecular weight is 343 g/mol. The number of nitrogens with one attached hydrogen (secondary N) is 2. The predicted octanol–water partition coefficient (Wildman–Crippen LogP) is 4.18. The van der Waals surface area contributed by atoms with E-state index >= 15 is 0 Å². The molecule has 1 atom stereocenters. The maximum absolute atomic E-state index is 6.11. The van der Waals surface area contributed by atoms with E-state index in [1.165, 1.54) is 0 Å². The number of anilines is 1. The van der Waals surface area contributed by atoms with Gasteiger partial charge in [0.15, 0.2) is 5.82 Å². The number of rotatable bonds is 4. The molecule has 0 radical (unpaired) electrons. The molecule has 2 aromatic heterocycles. The molecule has 3 heterocycles. The molecule has 0 amide bonds.